The van der Waals surface area contributed by atoms with Crippen molar-refractivity contribution in [1.29, 1.82) is 0 Å². The summed E-state index contributed by atoms with van der Waals surface area (Å²) in [7, 11) is 0. The van der Waals surface area contributed by atoms with E-state index in [0.717, 1.165) is 4.90 Å². The highest BCUT2D eigenvalue weighted by Gasteiger charge is 2.49. The second kappa shape index (κ2) is 12.4. The van der Waals surface area contributed by atoms with Crippen LogP contribution in [0.15, 0.2) is 160 Å². The van der Waals surface area contributed by atoms with Gasteiger partial charge in [-0.25, -0.2) is 0 Å². The summed E-state index contributed by atoms with van der Waals surface area (Å²) in [6.45, 7) is 10.2. The summed E-state index contributed by atoms with van der Waals surface area (Å²) in [5, 5.41) is -1.23. The molecule has 6 heterocycles. The Labute approximate surface area is 413 Å². The van der Waals surface area contributed by atoms with Crippen molar-refractivity contribution in [3.63, 3.8) is 0 Å². The maximum Gasteiger partial charge on any atom is 0.297 e. The van der Waals surface area contributed by atoms with E-state index in [1.54, 1.807) is 41.5 Å². The lowest BCUT2D eigenvalue weighted by Gasteiger charge is -2.45. The zero-order valence-corrected chi connectivity index (χ0v) is 35.7. The SMILES string of the molecule is [2H]c1c([2H])c([2H])c(-c2c([2H])c([2H])c3oc4c(c3c2[2H])N(c2c([2H])c([2H])c3c(oc5c([2H])c([2H])c([2H])c([2H])c53)c2[2H])c2c([2H])c(C)c([2H])c3c2B4c2c([2H])c([2H])c([2H])c4c2N3c2c([2H])c(C(C)(C)C)c([2H])c3c5c([2H])c(C(C)(C)C)c([2H])c([2H])c5n-4c23)c([2H])c1[2H]. The summed E-state index contributed by atoms with van der Waals surface area (Å²) in [5.74, 6) is 0. The highest BCUT2D eigenvalue weighted by molar-refractivity contribution is 7.00. The van der Waals surface area contributed by atoms with Gasteiger partial charge in [-0.3, -0.25) is 0 Å². The van der Waals surface area contributed by atoms with Crippen LogP contribution in [0.4, 0.5) is 34.1 Å². The van der Waals surface area contributed by atoms with E-state index in [-0.39, 0.29) is 113 Å². The molecular formula is C59H46BN3O2. The molecule has 0 spiro atoms. The Bertz CT molecular complexity index is 5350. The Balaban J connectivity index is 1.26. The molecule has 65 heavy (non-hydrogen) atoms. The summed E-state index contributed by atoms with van der Waals surface area (Å²) in [5.41, 5.74) is -8.32. The molecule has 3 aromatic heterocycles. The molecular weight excluding hydrogens is 793 g/mol. The number of hydrogen-bond donors (Lipinski definition) is 0. The third-order valence-corrected chi connectivity index (χ3v) is 12.4. The largest absolute Gasteiger partial charge is 0.468 e. The monoisotopic (exact) mass is 865 g/mol. The molecule has 3 aliphatic rings. The van der Waals surface area contributed by atoms with Crippen LogP contribution in [-0.2, 0) is 10.8 Å². The first-order valence-electron chi connectivity index (χ1n) is 33.4. The lowest BCUT2D eigenvalue weighted by atomic mass is 9.35. The van der Waals surface area contributed by atoms with Gasteiger partial charge < -0.3 is 23.2 Å². The molecule has 0 atom stereocenters. The Kier molecular flexibility index (Phi) is 3.85. The number of fused-ring (bicyclic) bond motifs is 14. The van der Waals surface area contributed by atoms with Gasteiger partial charge in [-0.15, -0.1) is 0 Å². The van der Waals surface area contributed by atoms with Crippen molar-refractivity contribution in [1.82, 2.24) is 4.57 Å². The van der Waals surface area contributed by atoms with Crippen molar-refractivity contribution in [2.45, 2.75) is 59.3 Å². The van der Waals surface area contributed by atoms with Crippen molar-refractivity contribution in [2.75, 3.05) is 9.80 Å². The molecule has 0 N–H and O–H groups in total. The summed E-state index contributed by atoms with van der Waals surface area (Å²) in [4.78, 5) is 2.47. The van der Waals surface area contributed by atoms with Gasteiger partial charge in [-0.05, 0) is 129 Å². The molecule has 0 unspecified atom stereocenters. The maximum atomic E-state index is 10.4. The van der Waals surface area contributed by atoms with Gasteiger partial charge in [0.15, 0.2) is 0 Å². The Hall–Kier alpha value is -7.44. The highest BCUT2D eigenvalue weighted by atomic mass is 16.3. The predicted molar refractivity (Wildman–Crippen MR) is 273 cm³/mol. The fourth-order valence-electron chi connectivity index (χ4n) is 9.48. The molecule has 0 aliphatic carbocycles. The van der Waals surface area contributed by atoms with Crippen LogP contribution in [0.1, 0.15) is 92.5 Å². The van der Waals surface area contributed by atoms with Gasteiger partial charge in [0.1, 0.15) is 16.7 Å². The van der Waals surface area contributed by atoms with E-state index >= 15 is 0 Å². The molecule has 5 nitrogen and oxygen atoms in total. The molecule has 11 aromatic rings. The zero-order valence-electron chi connectivity index (χ0n) is 60.7. The molecule has 14 rings (SSSR count). The van der Waals surface area contributed by atoms with Crippen molar-refractivity contribution in [3.05, 3.63) is 168 Å². The average Bonchev–Trinajstić information content (AvgIpc) is 1.31. The van der Waals surface area contributed by atoms with Crippen LogP contribution in [0, 0.1) is 6.92 Å². The molecule has 0 saturated heterocycles. The van der Waals surface area contributed by atoms with Crippen LogP contribution in [0.3, 0.4) is 0 Å². The second-order valence-electron chi connectivity index (χ2n) is 18.6. The number of furan rings is 2. The standard InChI is InChI=1S/C59H46BN3O2/c1-33-26-47-53-48(27-33)63-49-31-37(59(5,6)7)30-42-41-29-36(58(2,3)4)21-24-45(41)62(54(42)49)46-18-13-17-44(56(46)63)60(53)57-55(43-28-35(20-25-51(43)65-57)34-14-9-8-10-15-34)61(47)38-22-23-40-39-16-11-12-19-50(39)64-52(40)32-38/h8-32H,1-7H3/i8D,9D,10D,11D,12D,13D,14D,15D,16D,17D,18D,19D,20D,21D,22D,23D,24D,25D,26D,27D,28D,29D,30D,31D,32D. The normalized spacial score (nSPS) is 19.4. The predicted octanol–water partition coefficient (Wildman–Crippen LogP) is 14.4. The van der Waals surface area contributed by atoms with Crippen molar-refractivity contribution < 1.29 is 43.1 Å². The van der Waals surface area contributed by atoms with Crippen LogP contribution < -0.4 is 26.4 Å². The average molecular weight is 865 g/mol. The lowest BCUT2D eigenvalue weighted by molar-refractivity contribution is 0.590. The minimum absolute atomic E-state index is 0.00312. The molecule has 8 aromatic carbocycles. The molecule has 0 saturated carbocycles. The summed E-state index contributed by atoms with van der Waals surface area (Å²) < 4.78 is 253. The number of nitrogens with zero attached hydrogens (tertiary/aromatic N) is 3. The third kappa shape index (κ3) is 4.94. The van der Waals surface area contributed by atoms with E-state index in [9.17, 15) is 21.9 Å². The summed E-state index contributed by atoms with van der Waals surface area (Å²) in [6, 6.07) is -16.8. The Morgan fingerprint density at radius 3 is 2.05 bits per heavy atom. The molecule has 6 heteroatoms. The summed E-state index contributed by atoms with van der Waals surface area (Å²) in [6.07, 6.45) is 0. The van der Waals surface area contributed by atoms with Crippen molar-refractivity contribution in [2.24, 2.45) is 0 Å². The first-order chi connectivity index (χ1) is 41.9. The quantitative estimate of drug-likeness (QED) is 0.162. The third-order valence-electron chi connectivity index (χ3n) is 12.4. The highest BCUT2D eigenvalue weighted by Crippen LogP contribution is 2.54. The van der Waals surface area contributed by atoms with Gasteiger partial charge in [-0.2, -0.15) is 0 Å². The van der Waals surface area contributed by atoms with E-state index in [4.69, 9.17) is 21.2 Å². The van der Waals surface area contributed by atoms with Crippen LogP contribution in [0.5, 0.6) is 0 Å². The number of rotatable bonds is 2. The fraction of sp³-hybridized carbons (Fsp3) is 0.153. The maximum absolute atomic E-state index is 10.4. The smallest absolute Gasteiger partial charge is 0.297 e. The molecule has 3 aliphatic heterocycles. The number of para-hydroxylation sites is 2. The number of aromatic nitrogens is 1. The van der Waals surface area contributed by atoms with Crippen molar-refractivity contribution in [3.8, 4) is 16.8 Å². The molecule has 0 radical (unpaired) electrons. The van der Waals surface area contributed by atoms with Gasteiger partial charge >= 0.3 is 0 Å². The fourth-order valence-corrected chi connectivity index (χ4v) is 9.48. The van der Waals surface area contributed by atoms with Gasteiger partial charge in [0, 0.05) is 50.0 Å². The van der Waals surface area contributed by atoms with Gasteiger partial charge in [0.05, 0.1) is 73.7 Å². The minimum Gasteiger partial charge on any atom is -0.468 e. The van der Waals surface area contributed by atoms with Crippen LogP contribution in [0.25, 0.3) is 71.5 Å². The Morgan fingerprint density at radius 1 is 0.492 bits per heavy atom. The minimum atomic E-state index is -1.76. The molecule has 312 valence electrons. The number of anilines is 6. The van der Waals surface area contributed by atoms with Crippen molar-refractivity contribution >= 4 is 112 Å². The zero-order chi connectivity index (χ0) is 65.6. The van der Waals surface area contributed by atoms with Crippen LogP contribution >= 0.6 is 0 Å². The van der Waals surface area contributed by atoms with E-state index < -0.39 is 195 Å². The number of benzene rings is 8. The van der Waals surface area contributed by atoms with Gasteiger partial charge in [0.2, 0.25) is 0 Å². The Morgan fingerprint density at radius 2 is 1.23 bits per heavy atom. The van der Waals surface area contributed by atoms with E-state index in [1.807, 2.05) is 0 Å². The topological polar surface area (TPSA) is 37.7 Å². The van der Waals surface area contributed by atoms with E-state index in [1.165, 1.54) is 16.4 Å². The number of hydrogen-bond acceptors (Lipinski definition) is 4. The first kappa shape index (κ1) is 20.2. The first-order valence-corrected chi connectivity index (χ1v) is 20.9. The molecule has 0 fully saturated rings. The lowest BCUT2D eigenvalue weighted by Crippen LogP contribution is -2.61. The second-order valence-corrected chi connectivity index (χ2v) is 18.6. The van der Waals surface area contributed by atoms with Gasteiger partial charge in [0.25, 0.3) is 6.71 Å². The van der Waals surface area contributed by atoms with E-state index in [0.29, 0.717) is 0 Å². The van der Waals surface area contributed by atoms with Crippen LogP contribution in [-0.4, -0.2) is 11.3 Å². The molecule has 0 bridgehead atoms. The summed E-state index contributed by atoms with van der Waals surface area (Å²) >= 11 is 0. The van der Waals surface area contributed by atoms with Crippen LogP contribution in [0.2, 0.25) is 0 Å². The van der Waals surface area contributed by atoms with E-state index in [2.05, 4.69) is 0 Å². The molecule has 0 amide bonds. The van der Waals surface area contributed by atoms with Gasteiger partial charge in [-0.1, -0.05) is 114 Å².